The monoisotopic (exact) mass is 344 g/mol. The third-order valence-electron chi connectivity index (χ3n) is 4.14. The minimum atomic E-state index is -3.36. The molecule has 3 rings (SSSR count). The number of carbonyl (C=O) groups excluding carboxylic acids is 1. The third kappa shape index (κ3) is 4.01. The van der Waals surface area contributed by atoms with Crippen molar-refractivity contribution in [1.82, 2.24) is 4.72 Å². The molecule has 2 N–H and O–H groups in total. The number of fused-ring (bicyclic) bond motifs is 1. The van der Waals surface area contributed by atoms with Crippen LogP contribution in [0.25, 0.3) is 0 Å². The highest BCUT2D eigenvalue weighted by Gasteiger charge is 2.17. The van der Waals surface area contributed by atoms with Crippen LogP contribution in [-0.4, -0.2) is 20.9 Å². The summed E-state index contributed by atoms with van der Waals surface area (Å²) in [6.07, 6.45) is 0.983. The molecule has 0 unspecified atom stereocenters. The molecule has 126 valence electrons. The molecule has 1 heterocycles. The Balaban J connectivity index is 1.57. The first-order chi connectivity index (χ1) is 11.4. The van der Waals surface area contributed by atoms with Gasteiger partial charge < -0.3 is 5.32 Å². The Bertz CT molecular complexity index is 876. The van der Waals surface area contributed by atoms with Crippen LogP contribution in [0.1, 0.15) is 22.3 Å². The van der Waals surface area contributed by atoms with E-state index in [0.29, 0.717) is 19.4 Å². The van der Waals surface area contributed by atoms with Gasteiger partial charge in [-0.2, -0.15) is 0 Å². The molecule has 2 aromatic carbocycles. The summed E-state index contributed by atoms with van der Waals surface area (Å²) >= 11 is 0. The molecule has 1 amide bonds. The number of amides is 1. The van der Waals surface area contributed by atoms with Gasteiger partial charge in [-0.25, -0.2) is 13.1 Å². The molecule has 0 saturated heterocycles. The second kappa shape index (κ2) is 6.75. The van der Waals surface area contributed by atoms with Crippen molar-refractivity contribution in [1.29, 1.82) is 0 Å². The maximum atomic E-state index is 12.2. The summed E-state index contributed by atoms with van der Waals surface area (Å²) in [6.45, 7) is 2.25. The lowest BCUT2D eigenvalue weighted by atomic mass is 10.1. The van der Waals surface area contributed by atoms with Gasteiger partial charge in [-0.15, -0.1) is 0 Å². The van der Waals surface area contributed by atoms with Crippen LogP contribution >= 0.6 is 0 Å². The number of nitrogens with one attached hydrogen (secondary N) is 2. The molecule has 0 saturated carbocycles. The lowest BCUT2D eigenvalue weighted by molar-refractivity contribution is -0.115. The fraction of sp³-hybridized carbons (Fsp3) is 0.278. The zero-order chi connectivity index (χ0) is 17.2. The van der Waals surface area contributed by atoms with Crippen molar-refractivity contribution in [2.75, 3.05) is 11.9 Å². The van der Waals surface area contributed by atoms with Gasteiger partial charge >= 0.3 is 0 Å². The summed E-state index contributed by atoms with van der Waals surface area (Å²) in [5, 5.41) is 2.79. The van der Waals surface area contributed by atoms with Crippen molar-refractivity contribution < 1.29 is 13.2 Å². The predicted molar refractivity (Wildman–Crippen MR) is 94.3 cm³/mol. The maximum absolute atomic E-state index is 12.2. The average Bonchev–Trinajstić information content (AvgIpc) is 2.88. The highest BCUT2D eigenvalue weighted by atomic mass is 32.2. The molecule has 0 fully saturated rings. The molecular formula is C18H20N2O3S. The van der Waals surface area contributed by atoms with E-state index >= 15 is 0 Å². The Labute approximate surface area is 142 Å². The average molecular weight is 344 g/mol. The molecule has 0 spiro atoms. The van der Waals surface area contributed by atoms with Crippen LogP contribution in [0.2, 0.25) is 0 Å². The fourth-order valence-corrected chi connectivity index (χ4v) is 4.07. The number of hydrogen-bond donors (Lipinski definition) is 2. The molecule has 6 heteroatoms. The summed E-state index contributed by atoms with van der Waals surface area (Å²) in [7, 11) is -3.36. The third-order valence-corrected chi connectivity index (χ3v) is 5.47. The summed E-state index contributed by atoms with van der Waals surface area (Å²) in [6, 6.07) is 13.2. The Morgan fingerprint density at radius 3 is 2.75 bits per heavy atom. The van der Waals surface area contributed by atoms with E-state index in [0.717, 1.165) is 27.9 Å². The van der Waals surface area contributed by atoms with Gasteiger partial charge in [-0.05, 0) is 41.7 Å². The van der Waals surface area contributed by atoms with E-state index in [1.807, 2.05) is 49.4 Å². The highest BCUT2D eigenvalue weighted by Crippen LogP contribution is 2.23. The second-order valence-electron chi connectivity index (χ2n) is 6.05. The van der Waals surface area contributed by atoms with Crippen molar-refractivity contribution in [3.63, 3.8) is 0 Å². The predicted octanol–water partition coefficient (Wildman–Crippen LogP) is 2.15. The van der Waals surface area contributed by atoms with E-state index in [4.69, 9.17) is 0 Å². The van der Waals surface area contributed by atoms with E-state index in [9.17, 15) is 13.2 Å². The Hall–Kier alpha value is -2.18. The molecule has 1 aliphatic heterocycles. The number of carbonyl (C=O) groups is 1. The summed E-state index contributed by atoms with van der Waals surface area (Å²) in [5.74, 6) is -0.0106. The van der Waals surface area contributed by atoms with Crippen molar-refractivity contribution >= 4 is 21.6 Å². The molecule has 0 aromatic heterocycles. The minimum absolute atomic E-state index is 0.00100. The molecule has 2 aromatic rings. The van der Waals surface area contributed by atoms with Crippen molar-refractivity contribution in [2.45, 2.75) is 25.5 Å². The van der Waals surface area contributed by atoms with Crippen LogP contribution in [-0.2, 0) is 33.4 Å². The molecular weight excluding hydrogens is 324 g/mol. The van der Waals surface area contributed by atoms with Crippen molar-refractivity contribution in [2.24, 2.45) is 0 Å². The van der Waals surface area contributed by atoms with Crippen LogP contribution in [0.4, 0.5) is 5.69 Å². The van der Waals surface area contributed by atoms with Crippen LogP contribution in [0.5, 0.6) is 0 Å². The molecule has 5 nitrogen and oxygen atoms in total. The van der Waals surface area contributed by atoms with Crippen LogP contribution in [0, 0.1) is 6.92 Å². The first-order valence-electron chi connectivity index (χ1n) is 7.86. The smallest absolute Gasteiger partial charge is 0.228 e. The summed E-state index contributed by atoms with van der Waals surface area (Å²) in [5.41, 5.74) is 4.62. The van der Waals surface area contributed by atoms with Crippen LogP contribution < -0.4 is 10.0 Å². The minimum Gasteiger partial charge on any atom is -0.326 e. The van der Waals surface area contributed by atoms with Crippen LogP contribution in [0.3, 0.4) is 0 Å². The van der Waals surface area contributed by atoms with E-state index in [1.54, 1.807) is 0 Å². The Morgan fingerprint density at radius 2 is 1.96 bits per heavy atom. The lowest BCUT2D eigenvalue weighted by Crippen LogP contribution is -2.27. The van der Waals surface area contributed by atoms with Gasteiger partial charge in [0.25, 0.3) is 0 Å². The number of sulfonamides is 1. The van der Waals surface area contributed by atoms with Gasteiger partial charge in [-0.3, -0.25) is 4.79 Å². The largest absolute Gasteiger partial charge is 0.326 e. The number of rotatable bonds is 6. The Morgan fingerprint density at radius 1 is 1.17 bits per heavy atom. The molecule has 0 radical (unpaired) electrons. The van der Waals surface area contributed by atoms with Gasteiger partial charge in [-0.1, -0.05) is 36.4 Å². The van der Waals surface area contributed by atoms with Gasteiger partial charge in [0, 0.05) is 12.2 Å². The summed E-state index contributed by atoms with van der Waals surface area (Å²) in [4.78, 5) is 11.4. The van der Waals surface area contributed by atoms with Gasteiger partial charge in [0.1, 0.15) is 0 Å². The van der Waals surface area contributed by atoms with Gasteiger partial charge in [0.2, 0.25) is 15.9 Å². The first-order valence-corrected chi connectivity index (χ1v) is 9.52. The van der Waals surface area contributed by atoms with E-state index < -0.39 is 10.0 Å². The lowest BCUT2D eigenvalue weighted by Gasteiger charge is -2.09. The SMILES string of the molecule is Cc1ccccc1CS(=O)(=O)NCCc1ccc2c(c1)CC(=O)N2. The molecule has 0 bridgehead atoms. The fourth-order valence-electron chi connectivity index (χ4n) is 2.82. The topological polar surface area (TPSA) is 75.3 Å². The summed E-state index contributed by atoms with van der Waals surface area (Å²) < 4.78 is 27.1. The quantitative estimate of drug-likeness (QED) is 0.843. The van der Waals surface area contributed by atoms with Gasteiger partial charge in [0.15, 0.2) is 0 Å². The molecule has 0 atom stereocenters. The van der Waals surface area contributed by atoms with Gasteiger partial charge in [0.05, 0.1) is 12.2 Å². The molecule has 1 aliphatic rings. The number of benzene rings is 2. The normalized spacial score (nSPS) is 13.6. The Kier molecular flexibility index (Phi) is 4.69. The molecule has 0 aliphatic carbocycles. The van der Waals surface area contributed by atoms with Crippen molar-refractivity contribution in [3.05, 3.63) is 64.7 Å². The van der Waals surface area contributed by atoms with E-state index in [1.165, 1.54) is 0 Å². The molecule has 24 heavy (non-hydrogen) atoms. The number of hydrogen-bond acceptors (Lipinski definition) is 3. The highest BCUT2D eigenvalue weighted by molar-refractivity contribution is 7.88. The number of aryl methyl sites for hydroxylation is 1. The standard InChI is InChI=1S/C18H20N2O3S/c1-13-4-2-3-5-15(13)12-24(22,23)19-9-8-14-6-7-17-16(10-14)11-18(21)20-17/h2-7,10,19H,8-9,11-12H2,1H3,(H,20,21). The zero-order valence-electron chi connectivity index (χ0n) is 13.5. The number of anilines is 1. The maximum Gasteiger partial charge on any atom is 0.228 e. The van der Waals surface area contributed by atoms with Crippen molar-refractivity contribution in [3.8, 4) is 0 Å². The zero-order valence-corrected chi connectivity index (χ0v) is 14.3. The second-order valence-corrected chi connectivity index (χ2v) is 7.85. The van der Waals surface area contributed by atoms with E-state index in [-0.39, 0.29) is 11.7 Å². The van der Waals surface area contributed by atoms with Crippen LogP contribution in [0.15, 0.2) is 42.5 Å². The van der Waals surface area contributed by atoms with E-state index in [2.05, 4.69) is 10.0 Å². The first kappa shape index (κ1) is 16.7.